The van der Waals surface area contributed by atoms with Gasteiger partial charge >= 0.3 is 0 Å². The maximum atomic E-state index is 12.1. The van der Waals surface area contributed by atoms with Gasteiger partial charge in [0.1, 0.15) is 11.8 Å². The van der Waals surface area contributed by atoms with Gasteiger partial charge in [-0.2, -0.15) is 5.10 Å². The summed E-state index contributed by atoms with van der Waals surface area (Å²) in [7, 11) is 5.59. The highest BCUT2D eigenvalue weighted by Crippen LogP contribution is 2.15. The van der Waals surface area contributed by atoms with Crippen molar-refractivity contribution in [1.82, 2.24) is 5.43 Å². The standard InChI is InChI=1S/C19H24N4O2/c1-14(21-16-7-11-18(25-4)12-8-16)19(24)22-20-13-15-5-9-17(10-6-15)23(2)3/h5-14,21H,1-4H3,(H,22,24). The van der Waals surface area contributed by atoms with E-state index in [1.807, 2.05) is 67.5 Å². The number of amides is 1. The summed E-state index contributed by atoms with van der Waals surface area (Å²) in [6.07, 6.45) is 1.62. The van der Waals surface area contributed by atoms with Crippen LogP contribution in [0.5, 0.6) is 5.75 Å². The number of hydrogen-bond acceptors (Lipinski definition) is 5. The molecule has 2 N–H and O–H groups in total. The van der Waals surface area contributed by atoms with Crippen molar-refractivity contribution in [3.63, 3.8) is 0 Å². The van der Waals surface area contributed by atoms with E-state index in [0.717, 1.165) is 22.7 Å². The van der Waals surface area contributed by atoms with E-state index in [2.05, 4.69) is 15.8 Å². The van der Waals surface area contributed by atoms with Gasteiger partial charge in [0.25, 0.3) is 5.91 Å². The minimum Gasteiger partial charge on any atom is -0.497 e. The van der Waals surface area contributed by atoms with Gasteiger partial charge in [-0.15, -0.1) is 0 Å². The normalized spacial score (nSPS) is 11.8. The van der Waals surface area contributed by atoms with Crippen molar-refractivity contribution >= 4 is 23.5 Å². The predicted molar refractivity (Wildman–Crippen MR) is 103 cm³/mol. The van der Waals surface area contributed by atoms with E-state index in [1.54, 1.807) is 20.2 Å². The van der Waals surface area contributed by atoms with Gasteiger partial charge in [-0.05, 0) is 48.9 Å². The smallest absolute Gasteiger partial charge is 0.262 e. The summed E-state index contributed by atoms with van der Waals surface area (Å²) in [5.74, 6) is 0.560. The first-order chi connectivity index (χ1) is 12.0. The fraction of sp³-hybridized carbons (Fsp3) is 0.263. The van der Waals surface area contributed by atoms with Crippen LogP contribution in [0.25, 0.3) is 0 Å². The third-order valence-corrected chi connectivity index (χ3v) is 3.66. The molecule has 0 radical (unpaired) electrons. The van der Waals surface area contributed by atoms with Crippen LogP contribution in [0.2, 0.25) is 0 Å². The Morgan fingerprint density at radius 3 is 2.32 bits per heavy atom. The molecule has 2 aromatic rings. The van der Waals surface area contributed by atoms with Crippen molar-refractivity contribution < 1.29 is 9.53 Å². The number of nitrogens with zero attached hydrogens (tertiary/aromatic N) is 2. The Hall–Kier alpha value is -3.02. The van der Waals surface area contributed by atoms with Crippen LogP contribution in [0.4, 0.5) is 11.4 Å². The van der Waals surface area contributed by atoms with Crippen molar-refractivity contribution in [2.75, 3.05) is 31.4 Å². The number of carbonyl (C=O) groups excluding carboxylic acids is 1. The predicted octanol–water partition coefficient (Wildman–Crippen LogP) is 2.71. The second-order valence-electron chi connectivity index (χ2n) is 5.81. The zero-order valence-electron chi connectivity index (χ0n) is 15.0. The quantitative estimate of drug-likeness (QED) is 0.601. The third-order valence-electron chi connectivity index (χ3n) is 3.66. The first-order valence-corrected chi connectivity index (χ1v) is 8.00. The van der Waals surface area contributed by atoms with Crippen LogP contribution in [0, 0.1) is 0 Å². The molecule has 1 atom stereocenters. The Bertz CT molecular complexity index is 709. The van der Waals surface area contributed by atoms with Crippen LogP contribution in [0.1, 0.15) is 12.5 Å². The zero-order chi connectivity index (χ0) is 18.2. The molecule has 6 nitrogen and oxygen atoms in total. The Morgan fingerprint density at radius 1 is 1.12 bits per heavy atom. The third kappa shape index (κ3) is 5.53. The molecule has 132 valence electrons. The molecule has 6 heteroatoms. The monoisotopic (exact) mass is 340 g/mol. The van der Waals surface area contributed by atoms with Gasteiger partial charge in [-0.25, -0.2) is 5.43 Å². The van der Waals surface area contributed by atoms with E-state index >= 15 is 0 Å². The highest BCUT2D eigenvalue weighted by Gasteiger charge is 2.11. The number of anilines is 2. The average molecular weight is 340 g/mol. The summed E-state index contributed by atoms with van der Waals surface area (Å²) in [5.41, 5.74) is 5.41. The van der Waals surface area contributed by atoms with Crippen LogP contribution >= 0.6 is 0 Å². The van der Waals surface area contributed by atoms with Crippen LogP contribution in [-0.4, -0.2) is 39.4 Å². The summed E-state index contributed by atoms with van der Waals surface area (Å²) < 4.78 is 5.11. The van der Waals surface area contributed by atoms with E-state index < -0.39 is 6.04 Å². The fourth-order valence-corrected chi connectivity index (χ4v) is 2.13. The van der Waals surface area contributed by atoms with E-state index in [4.69, 9.17) is 4.74 Å². The average Bonchev–Trinajstić information content (AvgIpc) is 2.62. The zero-order valence-corrected chi connectivity index (χ0v) is 15.0. The molecule has 1 amide bonds. The van der Waals surface area contributed by atoms with E-state index in [1.165, 1.54) is 0 Å². The van der Waals surface area contributed by atoms with Gasteiger partial charge in [0.2, 0.25) is 0 Å². The highest BCUT2D eigenvalue weighted by molar-refractivity contribution is 5.86. The molecular formula is C19H24N4O2. The lowest BCUT2D eigenvalue weighted by atomic mass is 10.2. The highest BCUT2D eigenvalue weighted by atomic mass is 16.5. The van der Waals surface area contributed by atoms with Gasteiger partial charge in [-0.3, -0.25) is 4.79 Å². The lowest BCUT2D eigenvalue weighted by Crippen LogP contribution is -2.34. The first kappa shape index (κ1) is 18.3. The minimum absolute atomic E-state index is 0.211. The Labute approximate surface area is 148 Å². The molecule has 0 saturated heterocycles. The van der Waals surface area contributed by atoms with E-state index in [9.17, 15) is 4.79 Å². The summed E-state index contributed by atoms with van der Waals surface area (Å²) in [6, 6.07) is 14.9. The first-order valence-electron chi connectivity index (χ1n) is 8.00. The fourth-order valence-electron chi connectivity index (χ4n) is 2.13. The molecule has 0 aromatic heterocycles. The molecule has 0 heterocycles. The number of hydrazone groups is 1. The van der Waals surface area contributed by atoms with Gasteiger partial charge in [0.15, 0.2) is 0 Å². The Morgan fingerprint density at radius 2 is 1.76 bits per heavy atom. The van der Waals surface area contributed by atoms with Crippen molar-refractivity contribution in [3.8, 4) is 5.75 Å². The Balaban J connectivity index is 1.85. The van der Waals surface area contributed by atoms with Crippen molar-refractivity contribution in [2.24, 2.45) is 5.10 Å². The van der Waals surface area contributed by atoms with Crippen molar-refractivity contribution in [3.05, 3.63) is 54.1 Å². The molecule has 0 saturated carbocycles. The number of hydrogen-bond donors (Lipinski definition) is 2. The lowest BCUT2D eigenvalue weighted by Gasteiger charge is -2.13. The largest absolute Gasteiger partial charge is 0.497 e. The number of nitrogens with one attached hydrogen (secondary N) is 2. The number of carbonyl (C=O) groups is 1. The van der Waals surface area contributed by atoms with Crippen molar-refractivity contribution in [1.29, 1.82) is 0 Å². The van der Waals surface area contributed by atoms with E-state index in [-0.39, 0.29) is 5.91 Å². The number of ether oxygens (including phenoxy) is 1. The molecule has 2 rings (SSSR count). The molecule has 0 aliphatic rings. The van der Waals surface area contributed by atoms with Crippen molar-refractivity contribution in [2.45, 2.75) is 13.0 Å². The Kier molecular flexibility index (Phi) is 6.39. The number of benzene rings is 2. The maximum Gasteiger partial charge on any atom is 0.262 e. The maximum absolute atomic E-state index is 12.1. The molecule has 0 aliphatic carbocycles. The molecule has 0 spiro atoms. The molecular weight excluding hydrogens is 316 g/mol. The molecule has 0 fully saturated rings. The lowest BCUT2D eigenvalue weighted by molar-refractivity contribution is -0.121. The topological polar surface area (TPSA) is 66.0 Å². The van der Waals surface area contributed by atoms with Crippen LogP contribution in [0.15, 0.2) is 53.6 Å². The van der Waals surface area contributed by atoms with Gasteiger partial charge in [-0.1, -0.05) is 12.1 Å². The van der Waals surface area contributed by atoms with Crippen LogP contribution in [0.3, 0.4) is 0 Å². The summed E-state index contributed by atoms with van der Waals surface area (Å²) in [6.45, 7) is 1.78. The number of methoxy groups -OCH3 is 1. The van der Waals surface area contributed by atoms with Crippen LogP contribution in [-0.2, 0) is 4.79 Å². The minimum atomic E-state index is -0.415. The summed E-state index contributed by atoms with van der Waals surface area (Å²) in [4.78, 5) is 14.1. The molecule has 25 heavy (non-hydrogen) atoms. The van der Waals surface area contributed by atoms with Crippen LogP contribution < -0.4 is 20.4 Å². The van der Waals surface area contributed by atoms with Gasteiger partial charge in [0, 0.05) is 25.5 Å². The van der Waals surface area contributed by atoms with Gasteiger partial charge < -0.3 is 15.0 Å². The number of rotatable bonds is 7. The molecule has 0 bridgehead atoms. The second-order valence-corrected chi connectivity index (χ2v) is 5.81. The summed E-state index contributed by atoms with van der Waals surface area (Å²) >= 11 is 0. The van der Waals surface area contributed by atoms with E-state index in [0.29, 0.717) is 0 Å². The van der Waals surface area contributed by atoms with Gasteiger partial charge in [0.05, 0.1) is 13.3 Å². The molecule has 0 aliphatic heterocycles. The summed E-state index contributed by atoms with van der Waals surface area (Å²) in [5, 5.41) is 7.12. The SMILES string of the molecule is COc1ccc(NC(C)C(=O)NN=Cc2ccc(N(C)C)cc2)cc1. The molecule has 1 unspecified atom stereocenters. The molecule has 2 aromatic carbocycles. The second kappa shape index (κ2) is 8.73.